The Kier molecular flexibility index (Phi) is 8.06. The third-order valence-corrected chi connectivity index (χ3v) is 6.50. The van der Waals surface area contributed by atoms with E-state index in [9.17, 15) is 9.90 Å². The number of aromatic nitrogens is 2. The summed E-state index contributed by atoms with van der Waals surface area (Å²) in [4.78, 5) is 25.1. The Morgan fingerprint density at radius 3 is 2.43 bits per heavy atom. The third kappa shape index (κ3) is 6.38. The highest BCUT2D eigenvalue weighted by Crippen LogP contribution is 2.27. The fraction of sp³-hybridized carbons (Fsp3) is 0.783. The summed E-state index contributed by atoms with van der Waals surface area (Å²) in [5.41, 5.74) is 0.817. The number of carbonyl (C=O) groups is 1. The minimum Gasteiger partial charge on any atom is -0.396 e. The van der Waals surface area contributed by atoms with Gasteiger partial charge in [-0.1, -0.05) is 20.8 Å². The molecule has 7 heteroatoms. The number of aliphatic hydroxyl groups is 1. The van der Waals surface area contributed by atoms with Gasteiger partial charge in [0.25, 0.3) is 0 Å². The maximum atomic E-state index is 10.6. The minimum absolute atomic E-state index is 0.109. The molecule has 2 aliphatic rings. The molecule has 0 atom stereocenters. The quantitative estimate of drug-likeness (QED) is 0.631. The second-order valence-electron chi connectivity index (χ2n) is 9.88. The molecular formula is C23H39N5O2. The van der Waals surface area contributed by atoms with Crippen molar-refractivity contribution in [2.45, 2.75) is 70.8 Å². The Balaban J connectivity index is 1.49. The van der Waals surface area contributed by atoms with E-state index in [0.29, 0.717) is 12.5 Å². The van der Waals surface area contributed by atoms with Crippen molar-refractivity contribution in [3.8, 4) is 0 Å². The van der Waals surface area contributed by atoms with Crippen molar-refractivity contribution in [2.24, 2.45) is 5.92 Å². The van der Waals surface area contributed by atoms with Gasteiger partial charge in [0.2, 0.25) is 6.41 Å². The first kappa shape index (κ1) is 22.9. The number of hydrogen-bond acceptors (Lipinski definition) is 6. The van der Waals surface area contributed by atoms with Gasteiger partial charge in [-0.05, 0) is 44.6 Å². The second-order valence-corrected chi connectivity index (χ2v) is 9.88. The number of aliphatic hydroxyl groups excluding tert-OH is 1. The number of anilines is 1. The Labute approximate surface area is 181 Å². The Morgan fingerprint density at radius 1 is 1.13 bits per heavy atom. The molecule has 2 fully saturated rings. The molecule has 0 aromatic carbocycles. The topological polar surface area (TPSA) is 81.6 Å². The number of nitrogens with one attached hydrogen (secondary N) is 1. The number of hydrogen-bond donors (Lipinski definition) is 2. The molecule has 1 saturated carbocycles. The van der Waals surface area contributed by atoms with Crippen LogP contribution in [0.25, 0.3) is 0 Å². The lowest BCUT2D eigenvalue weighted by Gasteiger charge is -2.37. The molecule has 0 radical (unpaired) electrons. The molecule has 2 heterocycles. The minimum atomic E-state index is -0.109. The molecule has 0 spiro atoms. The van der Waals surface area contributed by atoms with Gasteiger partial charge in [-0.15, -0.1) is 0 Å². The first-order valence-electron chi connectivity index (χ1n) is 11.6. The first-order chi connectivity index (χ1) is 14.4. The van der Waals surface area contributed by atoms with E-state index >= 15 is 0 Å². The summed E-state index contributed by atoms with van der Waals surface area (Å²) in [7, 11) is 0. The Bertz CT molecular complexity index is 675. The molecule has 168 valence electrons. The van der Waals surface area contributed by atoms with Crippen LogP contribution in [0, 0.1) is 5.92 Å². The fourth-order valence-corrected chi connectivity index (χ4v) is 4.50. The van der Waals surface area contributed by atoms with Crippen molar-refractivity contribution in [1.29, 1.82) is 0 Å². The van der Waals surface area contributed by atoms with Gasteiger partial charge in [-0.2, -0.15) is 0 Å². The van der Waals surface area contributed by atoms with Crippen LogP contribution in [0.3, 0.4) is 0 Å². The number of piperazine rings is 1. The van der Waals surface area contributed by atoms with E-state index in [4.69, 9.17) is 4.98 Å². The van der Waals surface area contributed by atoms with Crippen molar-refractivity contribution < 1.29 is 9.90 Å². The van der Waals surface area contributed by atoms with Crippen LogP contribution in [0.4, 0.5) is 5.82 Å². The zero-order valence-corrected chi connectivity index (χ0v) is 18.9. The van der Waals surface area contributed by atoms with Crippen molar-refractivity contribution in [3.63, 3.8) is 0 Å². The van der Waals surface area contributed by atoms with Crippen LogP contribution in [0.15, 0.2) is 6.07 Å². The van der Waals surface area contributed by atoms with E-state index in [2.05, 4.69) is 40.9 Å². The predicted octanol–water partition coefficient (Wildman–Crippen LogP) is 2.13. The van der Waals surface area contributed by atoms with Crippen molar-refractivity contribution in [2.75, 3.05) is 44.2 Å². The molecule has 7 nitrogen and oxygen atoms in total. The van der Waals surface area contributed by atoms with Gasteiger partial charge in [-0.3, -0.25) is 9.69 Å². The standard InChI is InChI=1S/C23H39N5O2/c1-23(2,3)22-25-20(9-15-29)16-21(26-22)28-13-11-27(12-14-28)10-8-18-4-6-19(7-5-18)24-17-30/h16-19,29H,4-15H2,1-3H3,(H,24,30). The Hall–Kier alpha value is -1.73. The van der Waals surface area contributed by atoms with Crippen molar-refractivity contribution in [3.05, 3.63) is 17.6 Å². The van der Waals surface area contributed by atoms with Crippen LogP contribution in [0.5, 0.6) is 0 Å². The predicted molar refractivity (Wildman–Crippen MR) is 120 cm³/mol. The van der Waals surface area contributed by atoms with Crippen LogP contribution in [-0.2, 0) is 16.6 Å². The molecule has 1 aromatic rings. The Morgan fingerprint density at radius 2 is 1.83 bits per heavy atom. The largest absolute Gasteiger partial charge is 0.396 e. The third-order valence-electron chi connectivity index (χ3n) is 6.50. The molecule has 1 aliphatic heterocycles. The highest BCUT2D eigenvalue weighted by atomic mass is 16.3. The molecule has 1 aromatic heterocycles. The van der Waals surface area contributed by atoms with Gasteiger partial charge in [0.1, 0.15) is 11.6 Å². The molecular weight excluding hydrogens is 378 g/mol. The van der Waals surface area contributed by atoms with Gasteiger partial charge in [0.05, 0.1) is 0 Å². The summed E-state index contributed by atoms with van der Waals surface area (Å²) in [5.74, 6) is 2.65. The SMILES string of the molecule is CC(C)(C)c1nc(CCO)cc(N2CCN(CCC3CCC(NC=O)CC3)CC2)n1. The van der Waals surface area contributed by atoms with E-state index in [1.165, 1.54) is 19.3 Å². The van der Waals surface area contributed by atoms with Crippen LogP contribution in [-0.4, -0.2) is 71.8 Å². The van der Waals surface area contributed by atoms with Gasteiger partial charge < -0.3 is 15.3 Å². The summed E-state index contributed by atoms with van der Waals surface area (Å²) in [5, 5.41) is 12.3. The van der Waals surface area contributed by atoms with Crippen molar-refractivity contribution in [1.82, 2.24) is 20.2 Å². The number of nitrogens with zero attached hydrogens (tertiary/aromatic N) is 4. The lowest BCUT2D eigenvalue weighted by Crippen LogP contribution is -2.47. The average Bonchev–Trinajstić information content (AvgIpc) is 2.73. The lowest BCUT2D eigenvalue weighted by molar-refractivity contribution is -0.110. The molecule has 30 heavy (non-hydrogen) atoms. The van der Waals surface area contributed by atoms with E-state index in [1.807, 2.05) is 6.07 Å². The molecule has 1 amide bonds. The summed E-state index contributed by atoms with van der Waals surface area (Å²) >= 11 is 0. The summed E-state index contributed by atoms with van der Waals surface area (Å²) in [6.07, 6.45) is 7.39. The zero-order valence-electron chi connectivity index (χ0n) is 18.9. The summed E-state index contributed by atoms with van der Waals surface area (Å²) in [6, 6.07) is 2.44. The normalized spacial score (nSPS) is 23.4. The molecule has 3 rings (SSSR count). The van der Waals surface area contributed by atoms with E-state index in [1.54, 1.807) is 0 Å². The number of carbonyl (C=O) groups excluding carboxylic acids is 1. The molecule has 0 unspecified atom stereocenters. The van der Waals surface area contributed by atoms with Crippen LogP contribution >= 0.6 is 0 Å². The highest BCUT2D eigenvalue weighted by molar-refractivity contribution is 5.46. The van der Waals surface area contributed by atoms with Crippen LogP contribution in [0.1, 0.15) is 64.4 Å². The zero-order chi connectivity index (χ0) is 21.6. The maximum Gasteiger partial charge on any atom is 0.207 e. The summed E-state index contributed by atoms with van der Waals surface area (Å²) < 4.78 is 0. The molecule has 0 bridgehead atoms. The maximum absolute atomic E-state index is 10.6. The molecule has 1 saturated heterocycles. The second kappa shape index (κ2) is 10.5. The average molecular weight is 418 g/mol. The first-order valence-corrected chi connectivity index (χ1v) is 11.6. The van der Waals surface area contributed by atoms with Gasteiger partial charge in [-0.25, -0.2) is 9.97 Å². The van der Waals surface area contributed by atoms with Crippen LogP contribution < -0.4 is 10.2 Å². The van der Waals surface area contributed by atoms with E-state index < -0.39 is 0 Å². The monoisotopic (exact) mass is 417 g/mol. The highest BCUT2D eigenvalue weighted by Gasteiger charge is 2.25. The van der Waals surface area contributed by atoms with E-state index in [-0.39, 0.29) is 12.0 Å². The fourth-order valence-electron chi connectivity index (χ4n) is 4.50. The van der Waals surface area contributed by atoms with Gasteiger partial charge in [0, 0.05) is 62.4 Å². The smallest absolute Gasteiger partial charge is 0.207 e. The van der Waals surface area contributed by atoms with Gasteiger partial charge in [0.15, 0.2) is 0 Å². The van der Waals surface area contributed by atoms with Crippen LogP contribution in [0.2, 0.25) is 0 Å². The number of amides is 1. The van der Waals surface area contributed by atoms with E-state index in [0.717, 1.165) is 75.2 Å². The molecule has 2 N–H and O–H groups in total. The van der Waals surface area contributed by atoms with Gasteiger partial charge >= 0.3 is 0 Å². The number of rotatable bonds is 8. The lowest BCUT2D eigenvalue weighted by atomic mass is 9.84. The molecule has 1 aliphatic carbocycles. The summed E-state index contributed by atoms with van der Waals surface area (Å²) in [6.45, 7) is 11.8. The van der Waals surface area contributed by atoms with Crippen molar-refractivity contribution >= 4 is 12.2 Å².